The van der Waals surface area contributed by atoms with Crippen LogP contribution in [0.25, 0.3) is 0 Å². The molecule has 1 amide bonds. The van der Waals surface area contributed by atoms with Gasteiger partial charge in [0.05, 0.1) is 19.2 Å². The van der Waals surface area contributed by atoms with Crippen LogP contribution >= 0.6 is 11.3 Å². The van der Waals surface area contributed by atoms with E-state index in [0.717, 1.165) is 17.7 Å². The molecule has 130 valence electrons. The number of carbonyl (C=O) groups is 1. The predicted octanol–water partition coefficient (Wildman–Crippen LogP) is 2.33. The van der Waals surface area contributed by atoms with E-state index < -0.39 is 10.0 Å². The molecule has 0 bridgehead atoms. The molecule has 3 heterocycles. The van der Waals surface area contributed by atoms with Crippen LogP contribution in [0, 0.1) is 0 Å². The zero-order chi connectivity index (χ0) is 17.2. The van der Waals surface area contributed by atoms with E-state index in [0.29, 0.717) is 29.6 Å². The average molecular weight is 368 g/mol. The van der Waals surface area contributed by atoms with E-state index in [9.17, 15) is 13.2 Å². The topological polar surface area (TPSA) is 70.8 Å². The number of likely N-dealkylation sites (N-methyl/N-ethyl adjacent to an activating group) is 1. The third-order valence-corrected chi connectivity index (χ3v) is 7.47. The Morgan fingerprint density at radius 1 is 1.29 bits per heavy atom. The van der Waals surface area contributed by atoms with E-state index in [1.165, 1.54) is 15.6 Å². The molecule has 0 atom stereocenters. The lowest BCUT2D eigenvalue weighted by Crippen LogP contribution is -2.27. The van der Waals surface area contributed by atoms with E-state index in [2.05, 4.69) is 0 Å². The summed E-state index contributed by atoms with van der Waals surface area (Å²) >= 11 is 1.18. The van der Waals surface area contributed by atoms with Crippen molar-refractivity contribution in [3.8, 4) is 0 Å². The molecule has 0 saturated carbocycles. The van der Waals surface area contributed by atoms with Crippen LogP contribution in [0.5, 0.6) is 0 Å². The van der Waals surface area contributed by atoms with Gasteiger partial charge in [0.25, 0.3) is 10.0 Å². The Balaban J connectivity index is 1.64. The first-order valence-electron chi connectivity index (χ1n) is 7.82. The van der Waals surface area contributed by atoms with Crippen LogP contribution in [0.3, 0.4) is 0 Å². The minimum atomic E-state index is -3.40. The average Bonchev–Trinajstić information content (AvgIpc) is 3.29. The Bertz CT molecular complexity index is 790. The molecule has 2 aromatic rings. The molecule has 1 fully saturated rings. The Labute approximate surface area is 145 Å². The molecule has 1 saturated heterocycles. The van der Waals surface area contributed by atoms with Crippen LogP contribution in [0.2, 0.25) is 0 Å². The van der Waals surface area contributed by atoms with Crippen LogP contribution in [0.1, 0.15) is 23.5 Å². The van der Waals surface area contributed by atoms with E-state index in [1.54, 1.807) is 36.4 Å². The fourth-order valence-corrected chi connectivity index (χ4v) is 5.67. The lowest BCUT2D eigenvalue weighted by molar-refractivity contribution is -0.129. The van der Waals surface area contributed by atoms with Crippen molar-refractivity contribution in [1.82, 2.24) is 9.21 Å². The lowest BCUT2D eigenvalue weighted by Gasteiger charge is -2.15. The molecule has 0 aliphatic carbocycles. The molecule has 3 rings (SSSR count). The van der Waals surface area contributed by atoms with Gasteiger partial charge in [-0.3, -0.25) is 4.79 Å². The van der Waals surface area contributed by atoms with Crippen LogP contribution < -0.4 is 0 Å². The summed E-state index contributed by atoms with van der Waals surface area (Å²) in [7, 11) is -1.69. The number of furan rings is 1. The fourth-order valence-electron chi connectivity index (χ4n) is 2.66. The van der Waals surface area contributed by atoms with Gasteiger partial charge in [0.1, 0.15) is 9.97 Å². The Morgan fingerprint density at radius 3 is 2.71 bits per heavy atom. The number of rotatable bonds is 6. The summed E-state index contributed by atoms with van der Waals surface area (Å²) in [4.78, 5) is 14.6. The Kier molecular flexibility index (Phi) is 5.07. The number of hydrogen-bond donors (Lipinski definition) is 0. The number of nitrogens with zero attached hydrogens (tertiary/aromatic N) is 2. The van der Waals surface area contributed by atoms with Gasteiger partial charge >= 0.3 is 0 Å². The Morgan fingerprint density at radius 2 is 2.04 bits per heavy atom. The lowest BCUT2D eigenvalue weighted by atomic mass is 10.3. The highest BCUT2D eigenvalue weighted by Gasteiger charge is 2.28. The smallest absolute Gasteiger partial charge is 0.252 e. The van der Waals surface area contributed by atoms with Crippen molar-refractivity contribution < 1.29 is 17.6 Å². The van der Waals surface area contributed by atoms with Crippen LogP contribution in [0.15, 0.2) is 39.2 Å². The highest BCUT2D eigenvalue weighted by atomic mass is 32.2. The normalized spacial score (nSPS) is 15.7. The van der Waals surface area contributed by atoms with Gasteiger partial charge in [0, 0.05) is 25.0 Å². The summed E-state index contributed by atoms with van der Waals surface area (Å²) in [5.74, 6) is 0.646. The van der Waals surface area contributed by atoms with Crippen LogP contribution in [0.4, 0.5) is 0 Å². The highest BCUT2D eigenvalue weighted by molar-refractivity contribution is 7.91. The number of hydrogen-bond acceptors (Lipinski definition) is 5. The standard InChI is InChI=1S/C16H20N2O4S2/c1-17(12-13-5-4-10-22-13)15(19)11-14-6-7-16(23-14)24(20,21)18-8-2-3-9-18/h4-7,10H,2-3,8-9,11-12H2,1H3. The van der Waals surface area contributed by atoms with Crippen molar-refractivity contribution in [3.05, 3.63) is 41.2 Å². The summed E-state index contributed by atoms with van der Waals surface area (Å²) in [6.07, 6.45) is 3.58. The van der Waals surface area contributed by atoms with E-state index in [-0.39, 0.29) is 12.3 Å². The third-order valence-electron chi connectivity index (χ3n) is 4.02. The monoisotopic (exact) mass is 368 g/mol. The summed E-state index contributed by atoms with van der Waals surface area (Å²) in [5, 5.41) is 0. The van der Waals surface area contributed by atoms with Crippen molar-refractivity contribution in [2.24, 2.45) is 0 Å². The van der Waals surface area contributed by atoms with Crippen molar-refractivity contribution in [1.29, 1.82) is 0 Å². The van der Waals surface area contributed by atoms with Crippen molar-refractivity contribution in [2.45, 2.75) is 30.0 Å². The van der Waals surface area contributed by atoms with Gasteiger partial charge in [0.15, 0.2) is 0 Å². The fraction of sp³-hybridized carbons (Fsp3) is 0.438. The van der Waals surface area contributed by atoms with Gasteiger partial charge in [-0.25, -0.2) is 8.42 Å². The number of carbonyl (C=O) groups excluding carboxylic acids is 1. The zero-order valence-corrected chi connectivity index (χ0v) is 15.1. The summed E-state index contributed by atoms with van der Waals surface area (Å²) in [5.41, 5.74) is 0. The predicted molar refractivity (Wildman–Crippen MR) is 91.2 cm³/mol. The van der Waals surface area contributed by atoms with Gasteiger partial charge in [-0.2, -0.15) is 4.31 Å². The number of thiophene rings is 1. The van der Waals surface area contributed by atoms with Gasteiger partial charge in [-0.1, -0.05) is 0 Å². The molecule has 1 aliphatic rings. The first-order chi connectivity index (χ1) is 11.5. The van der Waals surface area contributed by atoms with Gasteiger partial charge in [-0.15, -0.1) is 11.3 Å². The maximum Gasteiger partial charge on any atom is 0.252 e. The minimum absolute atomic E-state index is 0.0710. The number of amides is 1. The summed E-state index contributed by atoms with van der Waals surface area (Å²) in [6, 6.07) is 6.93. The minimum Gasteiger partial charge on any atom is -0.467 e. The third kappa shape index (κ3) is 3.71. The molecule has 0 unspecified atom stereocenters. The SMILES string of the molecule is CN(Cc1ccco1)C(=O)Cc1ccc(S(=O)(=O)N2CCCC2)s1. The molecule has 0 radical (unpaired) electrons. The second kappa shape index (κ2) is 7.08. The molecule has 24 heavy (non-hydrogen) atoms. The second-order valence-electron chi connectivity index (χ2n) is 5.84. The molecule has 2 aromatic heterocycles. The summed E-state index contributed by atoms with van der Waals surface area (Å²) in [6.45, 7) is 1.57. The van der Waals surface area contributed by atoms with Crippen molar-refractivity contribution >= 4 is 27.3 Å². The molecule has 0 spiro atoms. The van der Waals surface area contributed by atoms with E-state index in [1.807, 2.05) is 6.07 Å². The molecule has 0 N–H and O–H groups in total. The zero-order valence-electron chi connectivity index (χ0n) is 13.5. The van der Waals surface area contributed by atoms with E-state index in [4.69, 9.17) is 4.42 Å². The van der Waals surface area contributed by atoms with Gasteiger partial charge < -0.3 is 9.32 Å². The molecule has 8 heteroatoms. The quantitative estimate of drug-likeness (QED) is 0.785. The van der Waals surface area contributed by atoms with Crippen LogP contribution in [-0.4, -0.2) is 43.7 Å². The Hall–Kier alpha value is -1.64. The maximum absolute atomic E-state index is 12.5. The first kappa shape index (κ1) is 17.2. The van der Waals surface area contributed by atoms with Gasteiger partial charge in [-0.05, 0) is 37.1 Å². The number of sulfonamides is 1. The first-order valence-corrected chi connectivity index (χ1v) is 10.1. The van der Waals surface area contributed by atoms with E-state index >= 15 is 0 Å². The van der Waals surface area contributed by atoms with Crippen molar-refractivity contribution in [3.63, 3.8) is 0 Å². The van der Waals surface area contributed by atoms with Gasteiger partial charge in [0.2, 0.25) is 5.91 Å². The highest BCUT2D eigenvalue weighted by Crippen LogP contribution is 2.27. The molecular weight excluding hydrogens is 348 g/mol. The molecular formula is C16H20N2O4S2. The maximum atomic E-state index is 12.5. The molecule has 6 nitrogen and oxygen atoms in total. The largest absolute Gasteiger partial charge is 0.467 e. The van der Waals surface area contributed by atoms with Crippen LogP contribution in [-0.2, 0) is 27.8 Å². The molecule has 0 aromatic carbocycles. The summed E-state index contributed by atoms with van der Waals surface area (Å²) < 4.78 is 32.1. The van der Waals surface area contributed by atoms with Crippen molar-refractivity contribution in [2.75, 3.05) is 20.1 Å². The second-order valence-corrected chi connectivity index (χ2v) is 9.17. The molecule has 1 aliphatic heterocycles.